The summed E-state index contributed by atoms with van der Waals surface area (Å²) >= 11 is 0. The standard InChI is InChI=1S/C8H8N3O8/c1-18-8(19-2)6(10(14)15)3-5(9(12)13)4-7(8)11(16)17/h3-4H,1-2H3/q-1. The van der Waals surface area contributed by atoms with Gasteiger partial charge in [-0.25, -0.2) is 0 Å². The fraction of sp³-hybridized carbons (Fsp3) is 0.375. The summed E-state index contributed by atoms with van der Waals surface area (Å²) in [5, 5.41) is 43.4. The maximum atomic E-state index is 10.9. The van der Waals surface area contributed by atoms with Crippen LogP contribution in [0.5, 0.6) is 0 Å². The molecule has 0 aromatic carbocycles. The first-order valence-electron chi connectivity index (χ1n) is 4.65. The third kappa shape index (κ3) is 2.23. The molecule has 0 unspecified atom stereocenters. The molecule has 104 valence electrons. The number of hydrogen-bond donors (Lipinski definition) is 0. The number of rotatable bonds is 4. The summed E-state index contributed by atoms with van der Waals surface area (Å²) in [6, 6.07) is 0. The minimum Gasteiger partial charge on any atom is -0.612 e. The molecule has 11 heteroatoms. The van der Waals surface area contributed by atoms with E-state index in [1.165, 1.54) is 0 Å². The van der Waals surface area contributed by atoms with Gasteiger partial charge in [0.2, 0.25) is 0 Å². The highest BCUT2D eigenvalue weighted by atomic mass is 16.8. The highest BCUT2D eigenvalue weighted by Crippen LogP contribution is 2.31. The minimum absolute atomic E-state index is 0.556. The van der Waals surface area contributed by atoms with Gasteiger partial charge in [-0.2, -0.15) is 4.90 Å². The maximum absolute atomic E-state index is 10.9. The molecule has 0 spiro atoms. The van der Waals surface area contributed by atoms with Crippen LogP contribution in [0.15, 0.2) is 23.5 Å². The molecule has 0 fully saturated rings. The molecule has 19 heavy (non-hydrogen) atoms. The Labute approximate surface area is 105 Å². The van der Waals surface area contributed by atoms with Gasteiger partial charge in [0.25, 0.3) is 11.4 Å². The molecule has 0 N–H and O–H groups in total. The van der Waals surface area contributed by atoms with Crippen LogP contribution in [-0.2, 0) is 9.47 Å². The van der Waals surface area contributed by atoms with Crippen molar-refractivity contribution in [1.82, 2.24) is 0 Å². The quantitative estimate of drug-likeness (QED) is 0.294. The molecular weight excluding hydrogens is 266 g/mol. The molecule has 0 aromatic rings. The lowest BCUT2D eigenvalue weighted by atomic mass is 9.99. The zero-order valence-corrected chi connectivity index (χ0v) is 9.76. The lowest BCUT2D eigenvalue weighted by molar-refractivity contribution is -0.468. The van der Waals surface area contributed by atoms with Crippen molar-refractivity contribution in [2.75, 3.05) is 14.2 Å². The number of methoxy groups -OCH3 is 2. The van der Waals surface area contributed by atoms with E-state index in [4.69, 9.17) is 9.47 Å². The maximum Gasteiger partial charge on any atom is 0.352 e. The monoisotopic (exact) mass is 274 g/mol. The van der Waals surface area contributed by atoms with Crippen molar-refractivity contribution in [2.45, 2.75) is 5.79 Å². The first kappa shape index (κ1) is 14.5. The molecule has 0 radical (unpaired) electrons. The number of hydrogen-bond acceptors (Lipinski definition) is 8. The van der Waals surface area contributed by atoms with Crippen molar-refractivity contribution in [3.05, 3.63) is 54.2 Å². The Kier molecular flexibility index (Phi) is 3.82. The predicted molar refractivity (Wildman–Crippen MR) is 58.9 cm³/mol. The van der Waals surface area contributed by atoms with Gasteiger partial charge in [0.15, 0.2) is 0 Å². The van der Waals surface area contributed by atoms with Gasteiger partial charge in [0.05, 0.1) is 22.0 Å². The van der Waals surface area contributed by atoms with E-state index in [2.05, 4.69) is 0 Å². The lowest BCUT2D eigenvalue weighted by Crippen LogP contribution is -2.50. The summed E-state index contributed by atoms with van der Waals surface area (Å²) in [4.78, 5) is 18.5. The number of ether oxygens (including phenoxy) is 2. The Balaban J connectivity index is 3.64. The molecule has 0 aromatic heterocycles. The highest BCUT2D eigenvalue weighted by Gasteiger charge is 2.56. The van der Waals surface area contributed by atoms with Crippen LogP contribution in [0.3, 0.4) is 0 Å². The van der Waals surface area contributed by atoms with Crippen LogP contribution in [0.1, 0.15) is 0 Å². The van der Waals surface area contributed by atoms with Gasteiger partial charge in [0.1, 0.15) is 0 Å². The Morgan fingerprint density at radius 2 is 1.53 bits per heavy atom. The van der Waals surface area contributed by atoms with E-state index < -0.39 is 37.6 Å². The zero-order chi connectivity index (χ0) is 14.8. The molecule has 0 bridgehead atoms. The van der Waals surface area contributed by atoms with Gasteiger partial charge < -0.3 is 19.9 Å². The summed E-state index contributed by atoms with van der Waals surface area (Å²) < 4.78 is 9.45. The Hall–Kier alpha value is -2.53. The molecule has 1 rings (SSSR count). The fourth-order valence-corrected chi connectivity index (χ4v) is 1.60. The van der Waals surface area contributed by atoms with Crippen LogP contribution < -0.4 is 0 Å². The molecule has 0 atom stereocenters. The Bertz CT molecular complexity index is 512. The van der Waals surface area contributed by atoms with Crippen LogP contribution in [0.4, 0.5) is 0 Å². The molecule has 0 heterocycles. The van der Waals surface area contributed by atoms with Crippen molar-refractivity contribution in [3.8, 4) is 0 Å². The Morgan fingerprint density at radius 1 is 1.00 bits per heavy atom. The largest absolute Gasteiger partial charge is 0.612 e. The third-order valence-corrected chi connectivity index (χ3v) is 2.42. The molecule has 0 aliphatic heterocycles. The molecule has 1 aliphatic rings. The zero-order valence-electron chi connectivity index (χ0n) is 9.76. The van der Waals surface area contributed by atoms with E-state index in [1.54, 1.807) is 0 Å². The third-order valence-electron chi connectivity index (χ3n) is 2.42. The van der Waals surface area contributed by atoms with Crippen molar-refractivity contribution < 1.29 is 24.2 Å². The summed E-state index contributed by atoms with van der Waals surface area (Å²) in [5.41, 5.74) is -2.69. The fourth-order valence-electron chi connectivity index (χ4n) is 1.60. The second-order valence-electron chi connectivity index (χ2n) is 3.28. The van der Waals surface area contributed by atoms with Crippen molar-refractivity contribution in [1.29, 1.82) is 0 Å². The van der Waals surface area contributed by atoms with Gasteiger partial charge in [-0.3, -0.25) is 20.2 Å². The summed E-state index contributed by atoms with van der Waals surface area (Å²) in [6.45, 7) is 0. The molecular formula is C8H8N3O8-. The van der Waals surface area contributed by atoms with Gasteiger partial charge in [-0.05, 0) is 0 Å². The predicted octanol–water partition coefficient (Wildman–Crippen LogP) is -0.241. The topological polar surface area (TPSA) is 154 Å². The average Bonchev–Trinajstić information content (AvgIpc) is 2.36. The summed E-state index contributed by atoms with van der Waals surface area (Å²) in [6.07, 6.45) is 1.11. The van der Waals surface area contributed by atoms with E-state index >= 15 is 0 Å². The molecule has 0 amide bonds. The summed E-state index contributed by atoms with van der Waals surface area (Å²) in [5.74, 6) is -2.40. The van der Waals surface area contributed by atoms with E-state index in [1.807, 2.05) is 0 Å². The molecule has 0 saturated carbocycles. The van der Waals surface area contributed by atoms with Gasteiger partial charge in [0, 0.05) is 14.2 Å². The first-order valence-corrected chi connectivity index (χ1v) is 4.65. The van der Waals surface area contributed by atoms with Crippen molar-refractivity contribution >= 4 is 5.71 Å². The number of nitro groups is 2. The average molecular weight is 274 g/mol. The second kappa shape index (κ2) is 4.99. The van der Waals surface area contributed by atoms with Crippen LogP contribution in [-0.4, -0.2) is 40.5 Å². The summed E-state index contributed by atoms with van der Waals surface area (Å²) in [7, 11) is 1.91. The molecule has 1 aliphatic carbocycles. The van der Waals surface area contributed by atoms with Gasteiger partial charge in [-0.15, -0.1) is 0 Å². The van der Waals surface area contributed by atoms with Crippen LogP contribution >= 0.6 is 0 Å². The van der Waals surface area contributed by atoms with Crippen LogP contribution in [0.2, 0.25) is 0 Å². The van der Waals surface area contributed by atoms with E-state index in [0.29, 0.717) is 12.2 Å². The number of allylic oxidation sites excluding steroid dienone is 1. The van der Waals surface area contributed by atoms with Gasteiger partial charge in [-0.1, -0.05) is 0 Å². The molecule has 0 saturated heterocycles. The van der Waals surface area contributed by atoms with Gasteiger partial charge >= 0.3 is 11.5 Å². The van der Waals surface area contributed by atoms with E-state index in [9.17, 15) is 30.6 Å². The normalized spacial score (nSPS) is 17.5. The van der Waals surface area contributed by atoms with Crippen molar-refractivity contribution in [2.24, 2.45) is 0 Å². The highest BCUT2D eigenvalue weighted by molar-refractivity contribution is 6.01. The van der Waals surface area contributed by atoms with Crippen molar-refractivity contribution in [3.63, 3.8) is 0 Å². The smallest absolute Gasteiger partial charge is 0.352 e. The van der Waals surface area contributed by atoms with E-state index in [-0.39, 0.29) is 0 Å². The Morgan fingerprint density at radius 3 is 1.84 bits per heavy atom. The molecule has 11 nitrogen and oxygen atoms in total. The van der Waals surface area contributed by atoms with E-state index in [0.717, 1.165) is 14.2 Å². The SMILES string of the molecule is COC1(OC)C([N+](=O)[O-])=CC([N+](=O)[O-])=CC1=[N+]([O-])[O-]. The number of nitrogens with zero attached hydrogens (tertiary/aromatic N) is 3. The lowest BCUT2D eigenvalue weighted by Gasteiger charge is -2.28. The second-order valence-corrected chi connectivity index (χ2v) is 3.28. The minimum atomic E-state index is -2.40. The van der Waals surface area contributed by atoms with Crippen LogP contribution in [0.25, 0.3) is 0 Å². The first-order chi connectivity index (χ1) is 8.80. The van der Waals surface area contributed by atoms with Crippen LogP contribution in [0, 0.1) is 30.6 Å².